The molecule has 1 unspecified atom stereocenters. The van der Waals surface area contributed by atoms with Gasteiger partial charge in [-0.2, -0.15) is 0 Å². The SMILES string of the molecule is CN(C)C/C=C/C(=O)Nc1ccc2c(N3CCC(Nc4nccc(C(=C(N)c5ccccc5)c5ccccn5)n4)C3)nccc2c1. The van der Waals surface area contributed by atoms with Crippen LogP contribution in [0.5, 0.6) is 0 Å². The summed E-state index contributed by atoms with van der Waals surface area (Å²) in [4.78, 5) is 35.4. The van der Waals surface area contributed by atoms with Crippen LogP contribution in [0.15, 0.2) is 110 Å². The highest BCUT2D eigenvalue weighted by Gasteiger charge is 2.26. The Labute approximate surface area is 268 Å². The maximum absolute atomic E-state index is 12.4. The smallest absolute Gasteiger partial charge is 0.248 e. The summed E-state index contributed by atoms with van der Waals surface area (Å²) in [5.74, 6) is 1.29. The molecule has 0 spiro atoms. The van der Waals surface area contributed by atoms with Crippen molar-refractivity contribution in [1.29, 1.82) is 0 Å². The van der Waals surface area contributed by atoms with Crippen LogP contribution in [0.25, 0.3) is 22.0 Å². The van der Waals surface area contributed by atoms with Crippen LogP contribution in [-0.4, -0.2) is 70.5 Å². The van der Waals surface area contributed by atoms with Gasteiger partial charge < -0.3 is 26.2 Å². The summed E-state index contributed by atoms with van der Waals surface area (Å²) in [6, 6.07) is 25.5. The first kappa shape index (κ1) is 30.4. The molecule has 4 N–H and O–H groups in total. The molecule has 0 aliphatic carbocycles. The summed E-state index contributed by atoms with van der Waals surface area (Å²) in [6.07, 6.45) is 9.62. The Morgan fingerprint density at radius 1 is 0.957 bits per heavy atom. The molecule has 0 saturated carbocycles. The van der Waals surface area contributed by atoms with Crippen molar-refractivity contribution in [1.82, 2.24) is 24.8 Å². The van der Waals surface area contributed by atoms with Crippen molar-refractivity contribution in [2.75, 3.05) is 49.3 Å². The van der Waals surface area contributed by atoms with Gasteiger partial charge in [-0.15, -0.1) is 0 Å². The van der Waals surface area contributed by atoms with E-state index < -0.39 is 0 Å². The van der Waals surface area contributed by atoms with Crippen molar-refractivity contribution in [2.45, 2.75) is 12.5 Å². The first-order valence-electron chi connectivity index (χ1n) is 15.3. The zero-order chi connectivity index (χ0) is 31.9. The van der Waals surface area contributed by atoms with E-state index in [-0.39, 0.29) is 11.9 Å². The third-order valence-electron chi connectivity index (χ3n) is 7.76. The zero-order valence-corrected chi connectivity index (χ0v) is 26.0. The number of fused-ring (bicyclic) bond motifs is 1. The number of nitrogens with zero attached hydrogens (tertiary/aromatic N) is 6. The normalized spacial score (nSPS) is 15.4. The van der Waals surface area contributed by atoms with Gasteiger partial charge in [-0.25, -0.2) is 15.0 Å². The van der Waals surface area contributed by atoms with Gasteiger partial charge in [0.2, 0.25) is 11.9 Å². The highest BCUT2D eigenvalue weighted by Crippen LogP contribution is 2.31. The Morgan fingerprint density at radius 3 is 2.59 bits per heavy atom. The predicted octanol–water partition coefficient (Wildman–Crippen LogP) is 5.04. The van der Waals surface area contributed by atoms with E-state index in [0.717, 1.165) is 58.6 Å². The molecule has 46 heavy (non-hydrogen) atoms. The number of hydrogen-bond acceptors (Lipinski definition) is 9. The number of benzene rings is 2. The summed E-state index contributed by atoms with van der Waals surface area (Å²) < 4.78 is 0. The van der Waals surface area contributed by atoms with Crippen molar-refractivity contribution in [3.8, 4) is 0 Å². The van der Waals surface area contributed by atoms with E-state index in [1.165, 1.54) is 0 Å². The lowest BCUT2D eigenvalue weighted by Gasteiger charge is -2.20. The lowest BCUT2D eigenvalue weighted by atomic mass is 10.0. The topological polar surface area (TPSA) is 125 Å². The largest absolute Gasteiger partial charge is 0.398 e. The highest BCUT2D eigenvalue weighted by atomic mass is 16.1. The molecule has 0 radical (unpaired) electrons. The number of likely N-dealkylation sites (N-methyl/N-ethyl adjacent to an activating group) is 1. The van der Waals surface area contributed by atoms with E-state index in [1.54, 1.807) is 18.5 Å². The average Bonchev–Trinajstić information content (AvgIpc) is 3.53. The second-order valence-electron chi connectivity index (χ2n) is 11.4. The molecule has 0 bridgehead atoms. The molecule has 5 aromatic rings. The molecule has 1 fully saturated rings. The first-order chi connectivity index (χ1) is 22.4. The predicted molar refractivity (Wildman–Crippen MR) is 185 cm³/mol. The second kappa shape index (κ2) is 14.0. The Balaban J connectivity index is 1.18. The van der Waals surface area contributed by atoms with Crippen molar-refractivity contribution < 1.29 is 4.79 Å². The minimum Gasteiger partial charge on any atom is -0.398 e. The number of rotatable bonds is 10. The van der Waals surface area contributed by atoms with Crippen LogP contribution in [0, 0.1) is 0 Å². The summed E-state index contributed by atoms with van der Waals surface area (Å²) in [6.45, 7) is 2.28. The number of pyridine rings is 2. The van der Waals surface area contributed by atoms with Gasteiger partial charge in [-0.1, -0.05) is 42.5 Å². The van der Waals surface area contributed by atoms with Crippen molar-refractivity contribution in [3.05, 3.63) is 127 Å². The Morgan fingerprint density at radius 2 is 1.78 bits per heavy atom. The Bertz CT molecular complexity index is 1870. The van der Waals surface area contributed by atoms with Crippen LogP contribution in [0.3, 0.4) is 0 Å². The van der Waals surface area contributed by atoms with E-state index in [1.807, 2.05) is 110 Å². The van der Waals surface area contributed by atoms with E-state index in [9.17, 15) is 4.79 Å². The highest BCUT2D eigenvalue weighted by molar-refractivity contribution is 6.02. The Kier molecular flexibility index (Phi) is 9.26. The molecule has 1 atom stereocenters. The number of amides is 1. The van der Waals surface area contributed by atoms with Crippen molar-refractivity contribution in [2.24, 2.45) is 5.73 Å². The first-order valence-corrected chi connectivity index (χ1v) is 15.3. The quantitative estimate of drug-likeness (QED) is 0.186. The van der Waals surface area contributed by atoms with Gasteiger partial charge in [0.1, 0.15) is 5.82 Å². The molecule has 3 aromatic heterocycles. The van der Waals surface area contributed by atoms with Gasteiger partial charge in [0, 0.05) is 67.0 Å². The monoisotopic (exact) mass is 611 g/mol. The zero-order valence-electron chi connectivity index (χ0n) is 26.0. The fraction of sp³-hybridized carbons (Fsp3) is 0.194. The molecule has 1 aliphatic heterocycles. The van der Waals surface area contributed by atoms with Gasteiger partial charge in [0.05, 0.1) is 17.1 Å². The minimum absolute atomic E-state index is 0.119. The molecule has 232 valence electrons. The lowest BCUT2D eigenvalue weighted by molar-refractivity contribution is -0.111. The maximum atomic E-state index is 12.4. The number of nitrogens with two attached hydrogens (primary N) is 1. The molecule has 2 aromatic carbocycles. The van der Waals surface area contributed by atoms with Crippen LogP contribution in [0.1, 0.15) is 23.4 Å². The van der Waals surface area contributed by atoms with E-state index in [0.29, 0.717) is 23.9 Å². The Hall–Kier alpha value is -5.61. The summed E-state index contributed by atoms with van der Waals surface area (Å²) >= 11 is 0. The van der Waals surface area contributed by atoms with Crippen LogP contribution in [0.4, 0.5) is 17.5 Å². The molecule has 10 heteroatoms. The fourth-order valence-electron chi connectivity index (χ4n) is 5.55. The number of hydrogen-bond donors (Lipinski definition) is 3. The average molecular weight is 612 g/mol. The van der Waals surface area contributed by atoms with Crippen molar-refractivity contribution >= 4 is 45.4 Å². The summed E-state index contributed by atoms with van der Waals surface area (Å²) in [5.41, 5.74) is 11.2. The van der Waals surface area contributed by atoms with Gasteiger partial charge in [-0.05, 0) is 73.9 Å². The lowest BCUT2D eigenvalue weighted by Crippen LogP contribution is -2.27. The number of aromatic nitrogens is 4. The van der Waals surface area contributed by atoms with E-state index in [2.05, 4.69) is 25.5 Å². The molecule has 1 amide bonds. The molecule has 1 saturated heterocycles. The number of anilines is 3. The summed E-state index contributed by atoms with van der Waals surface area (Å²) in [7, 11) is 3.92. The molecular formula is C36H37N9O. The van der Waals surface area contributed by atoms with Gasteiger partial charge in [0.15, 0.2) is 0 Å². The molecular weight excluding hydrogens is 574 g/mol. The second-order valence-corrected chi connectivity index (χ2v) is 11.4. The maximum Gasteiger partial charge on any atom is 0.248 e. The number of carbonyl (C=O) groups excluding carboxylic acids is 1. The van der Waals surface area contributed by atoms with Crippen LogP contribution in [0.2, 0.25) is 0 Å². The molecule has 6 rings (SSSR count). The van der Waals surface area contributed by atoms with E-state index in [4.69, 9.17) is 15.7 Å². The van der Waals surface area contributed by atoms with Gasteiger partial charge in [-0.3, -0.25) is 9.78 Å². The molecule has 1 aliphatic rings. The van der Waals surface area contributed by atoms with Gasteiger partial charge in [0.25, 0.3) is 0 Å². The van der Waals surface area contributed by atoms with Crippen LogP contribution < -0.4 is 21.3 Å². The summed E-state index contributed by atoms with van der Waals surface area (Å²) in [5, 5.41) is 8.53. The van der Waals surface area contributed by atoms with Crippen molar-refractivity contribution in [3.63, 3.8) is 0 Å². The van der Waals surface area contributed by atoms with Crippen LogP contribution >= 0.6 is 0 Å². The fourth-order valence-corrected chi connectivity index (χ4v) is 5.55. The number of nitrogens with one attached hydrogen (secondary N) is 2. The third-order valence-corrected chi connectivity index (χ3v) is 7.76. The van der Waals surface area contributed by atoms with Gasteiger partial charge >= 0.3 is 0 Å². The molecule has 4 heterocycles. The molecule has 10 nitrogen and oxygen atoms in total. The minimum atomic E-state index is -0.152. The number of carbonyl (C=O) groups is 1. The van der Waals surface area contributed by atoms with E-state index >= 15 is 0 Å². The third kappa shape index (κ3) is 7.19. The van der Waals surface area contributed by atoms with Crippen LogP contribution in [-0.2, 0) is 4.79 Å². The standard InChI is InChI=1S/C36H37N9O/c1-44(2)21-8-12-32(46)41-27-13-14-29-26(23-27)15-19-39-35(29)45-22-17-28(24-45)42-36-40-20-16-31(43-36)33(30-11-6-7-18-38-30)34(37)25-9-4-3-5-10-25/h3-16,18-20,23,28H,17,21-22,24,37H2,1-2H3,(H,41,46)(H,40,42,43)/b12-8+,34-33?.